The number of carbonyl (C=O) groups is 1. The van der Waals surface area contributed by atoms with Gasteiger partial charge in [-0.2, -0.15) is 0 Å². The molecule has 1 aromatic heterocycles. The molecule has 1 unspecified atom stereocenters. The lowest BCUT2D eigenvalue weighted by Gasteiger charge is -2.25. The predicted molar refractivity (Wildman–Crippen MR) is 129 cm³/mol. The van der Waals surface area contributed by atoms with Crippen LogP contribution in [0.25, 0.3) is 0 Å². The number of nitrogens with one attached hydrogen (secondary N) is 1. The Morgan fingerprint density at radius 1 is 1.21 bits per heavy atom. The minimum absolute atomic E-state index is 0.00355. The number of para-hydroxylation sites is 2. The standard InChI is InChI=1S/C24H24ClN3O4S/c1-4-15-28(22-10-5-6-11-23(22)32-3)33(30,31)18-12-13-20(25)19(16-18)24(29)27-17(2)21-9-7-8-14-26-21/h4-14,16-17H,1,15H2,2-3H3,(H,27,29). The topological polar surface area (TPSA) is 88.6 Å². The smallest absolute Gasteiger partial charge is 0.264 e. The van der Waals surface area contributed by atoms with Crippen molar-refractivity contribution in [2.75, 3.05) is 18.0 Å². The number of hydrogen-bond acceptors (Lipinski definition) is 5. The van der Waals surface area contributed by atoms with Gasteiger partial charge in [0, 0.05) is 6.20 Å². The molecule has 7 nitrogen and oxygen atoms in total. The summed E-state index contributed by atoms with van der Waals surface area (Å²) in [5.74, 6) is -0.123. The van der Waals surface area contributed by atoms with Crippen LogP contribution in [0.3, 0.4) is 0 Å². The number of ether oxygens (including phenoxy) is 1. The molecule has 0 fully saturated rings. The molecule has 0 spiro atoms. The van der Waals surface area contributed by atoms with E-state index in [-0.39, 0.29) is 22.0 Å². The third-order valence-electron chi connectivity index (χ3n) is 4.90. The summed E-state index contributed by atoms with van der Waals surface area (Å²) in [6.45, 7) is 5.46. The third-order valence-corrected chi connectivity index (χ3v) is 7.00. The van der Waals surface area contributed by atoms with Gasteiger partial charge in [-0.1, -0.05) is 35.9 Å². The van der Waals surface area contributed by atoms with Crippen LogP contribution in [-0.2, 0) is 10.0 Å². The van der Waals surface area contributed by atoms with Crippen LogP contribution in [0, 0.1) is 0 Å². The van der Waals surface area contributed by atoms with Gasteiger partial charge in [-0.3, -0.25) is 14.1 Å². The van der Waals surface area contributed by atoms with E-state index in [0.29, 0.717) is 17.1 Å². The molecule has 3 rings (SSSR count). The molecule has 0 saturated carbocycles. The maximum atomic E-state index is 13.6. The van der Waals surface area contributed by atoms with Crippen LogP contribution in [0.5, 0.6) is 5.75 Å². The van der Waals surface area contributed by atoms with Gasteiger partial charge in [-0.05, 0) is 49.4 Å². The normalized spacial score (nSPS) is 12.0. The predicted octanol–water partition coefficient (Wildman–Crippen LogP) is 4.62. The number of benzene rings is 2. The second-order valence-electron chi connectivity index (χ2n) is 7.09. The highest BCUT2D eigenvalue weighted by Gasteiger charge is 2.28. The van der Waals surface area contributed by atoms with Gasteiger partial charge in [0.1, 0.15) is 5.75 Å². The van der Waals surface area contributed by atoms with E-state index >= 15 is 0 Å². The van der Waals surface area contributed by atoms with E-state index in [1.807, 2.05) is 6.07 Å². The molecule has 172 valence electrons. The average molecular weight is 486 g/mol. The lowest BCUT2D eigenvalue weighted by molar-refractivity contribution is 0.0939. The summed E-state index contributed by atoms with van der Waals surface area (Å²) in [4.78, 5) is 17.1. The molecule has 0 bridgehead atoms. The SMILES string of the molecule is C=CCN(c1ccccc1OC)S(=O)(=O)c1ccc(Cl)c(C(=O)NC(C)c2ccccn2)c1. The van der Waals surface area contributed by atoms with Gasteiger partial charge in [0.05, 0.1) is 46.6 Å². The Bertz CT molecular complexity index is 1250. The first-order valence-corrected chi connectivity index (χ1v) is 11.9. The van der Waals surface area contributed by atoms with Crippen molar-refractivity contribution in [2.24, 2.45) is 0 Å². The van der Waals surface area contributed by atoms with E-state index in [0.717, 1.165) is 0 Å². The van der Waals surface area contributed by atoms with Crippen LogP contribution >= 0.6 is 11.6 Å². The first kappa shape index (κ1) is 24.3. The maximum absolute atomic E-state index is 13.6. The number of halogens is 1. The van der Waals surface area contributed by atoms with Gasteiger partial charge in [0.2, 0.25) is 0 Å². The second kappa shape index (κ2) is 10.5. The van der Waals surface area contributed by atoms with E-state index in [2.05, 4.69) is 16.9 Å². The Morgan fingerprint density at radius 3 is 2.61 bits per heavy atom. The van der Waals surface area contributed by atoms with Gasteiger partial charge >= 0.3 is 0 Å². The fraction of sp³-hybridized carbons (Fsp3) is 0.167. The quantitative estimate of drug-likeness (QED) is 0.447. The fourth-order valence-electron chi connectivity index (χ4n) is 3.23. The number of anilines is 1. The van der Waals surface area contributed by atoms with Crippen LogP contribution in [0.4, 0.5) is 5.69 Å². The molecule has 33 heavy (non-hydrogen) atoms. The molecule has 0 aliphatic rings. The van der Waals surface area contributed by atoms with Crippen molar-refractivity contribution < 1.29 is 17.9 Å². The first-order chi connectivity index (χ1) is 15.8. The maximum Gasteiger partial charge on any atom is 0.264 e. The molecule has 1 heterocycles. The van der Waals surface area contributed by atoms with E-state index in [9.17, 15) is 13.2 Å². The summed E-state index contributed by atoms with van der Waals surface area (Å²) in [5.41, 5.74) is 1.06. The van der Waals surface area contributed by atoms with E-state index in [1.54, 1.807) is 49.5 Å². The molecular formula is C24H24ClN3O4S. The van der Waals surface area contributed by atoms with Crippen molar-refractivity contribution in [1.29, 1.82) is 0 Å². The Labute approximate surface area is 198 Å². The highest BCUT2D eigenvalue weighted by atomic mass is 35.5. The van der Waals surface area contributed by atoms with Crippen LogP contribution in [0.2, 0.25) is 5.02 Å². The number of rotatable bonds is 9. The lowest BCUT2D eigenvalue weighted by Crippen LogP contribution is -2.32. The van der Waals surface area contributed by atoms with E-state index < -0.39 is 22.0 Å². The molecule has 0 saturated heterocycles. The van der Waals surface area contributed by atoms with Crippen molar-refractivity contribution in [3.05, 3.63) is 95.8 Å². The molecule has 9 heteroatoms. The molecule has 0 aliphatic carbocycles. The Hall–Kier alpha value is -3.36. The molecule has 1 amide bonds. The van der Waals surface area contributed by atoms with Crippen LogP contribution < -0.4 is 14.4 Å². The van der Waals surface area contributed by atoms with Gasteiger partial charge < -0.3 is 10.1 Å². The molecule has 0 radical (unpaired) electrons. The number of carbonyl (C=O) groups excluding carboxylic acids is 1. The van der Waals surface area contributed by atoms with Gasteiger partial charge in [0.25, 0.3) is 15.9 Å². The van der Waals surface area contributed by atoms with Crippen molar-refractivity contribution >= 4 is 33.2 Å². The Kier molecular flexibility index (Phi) is 7.73. The molecule has 0 aliphatic heterocycles. The average Bonchev–Trinajstić information content (AvgIpc) is 2.83. The van der Waals surface area contributed by atoms with Crippen LogP contribution in [-0.4, -0.2) is 33.0 Å². The highest BCUT2D eigenvalue weighted by molar-refractivity contribution is 7.92. The lowest BCUT2D eigenvalue weighted by atomic mass is 10.1. The highest BCUT2D eigenvalue weighted by Crippen LogP contribution is 2.33. The number of methoxy groups -OCH3 is 1. The first-order valence-electron chi connectivity index (χ1n) is 10.1. The minimum atomic E-state index is -4.07. The summed E-state index contributed by atoms with van der Waals surface area (Å²) < 4.78 is 33.6. The number of hydrogen-bond donors (Lipinski definition) is 1. The minimum Gasteiger partial charge on any atom is -0.495 e. The van der Waals surface area contributed by atoms with Crippen molar-refractivity contribution in [2.45, 2.75) is 17.9 Å². The van der Waals surface area contributed by atoms with Gasteiger partial charge in [-0.15, -0.1) is 6.58 Å². The zero-order chi connectivity index (χ0) is 24.0. The zero-order valence-electron chi connectivity index (χ0n) is 18.2. The molecular weight excluding hydrogens is 462 g/mol. The molecule has 1 N–H and O–H groups in total. The van der Waals surface area contributed by atoms with Crippen molar-refractivity contribution in [3.8, 4) is 5.75 Å². The molecule has 1 atom stereocenters. The number of sulfonamides is 1. The van der Waals surface area contributed by atoms with Gasteiger partial charge in [0.15, 0.2) is 0 Å². The summed E-state index contributed by atoms with van der Waals surface area (Å²) in [6, 6.07) is 15.8. The zero-order valence-corrected chi connectivity index (χ0v) is 19.8. The summed E-state index contributed by atoms with van der Waals surface area (Å²) >= 11 is 6.25. The number of pyridine rings is 1. The van der Waals surface area contributed by atoms with Gasteiger partial charge in [-0.25, -0.2) is 8.42 Å². The Balaban J connectivity index is 1.98. The summed E-state index contributed by atoms with van der Waals surface area (Å²) in [5, 5.41) is 2.94. The molecule has 3 aromatic rings. The molecule has 2 aromatic carbocycles. The number of amides is 1. The van der Waals surface area contributed by atoms with Crippen molar-refractivity contribution in [1.82, 2.24) is 10.3 Å². The Morgan fingerprint density at radius 2 is 1.94 bits per heavy atom. The number of nitrogens with zero attached hydrogens (tertiary/aromatic N) is 2. The largest absolute Gasteiger partial charge is 0.495 e. The third kappa shape index (κ3) is 5.35. The summed E-state index contributed by atoms with van der Waals surface area (Å²) in [6.07, 6.45) is 3.10. The van der Waals surface area contributed by atoms with E-state index in [1.165, 1.54) is 35.7 Å². The van der Waals surface area contributed by atoms with E-state index in [4.69, 9.17) is 16.3 Å². The fourth-order valence-corrected chi connectivity index (χ4v) is 4.90. The summed E-state index contributed by atoms with van der Waals surface area (Å²) in [7, 11) is -2.61. The van der Waals surface area contributed by atoms with Crippen LogP contribution in [0.15, 0.2) is 84.4 Å². The van der Waals surface area contributed by atoms with Crippen LogP contribution in [0.1, 0.15) is 29.0 Å². The van der Waals surface area contributed by atoms with Crippen molar-refractivity contribution in [3.63, 3.8) is 0 Å². The monoisotopic (exact) mass is 485 g/mol. The second-order valence-corrected chi connectivity index (χ2v) is 9.36. The number of aromatic nitrogens is 1.